The topological polar surface area (TPSA) is 63.5 Å². The monoisotopic (exact) mass is 296 g/mol. The molecule has 1 atom stereocenters. The molecule has 1 aliphatic rings. The van der Waals surface area contributed by atoms with E-state index in [0.29, 0.717) is 11.5 Å². The highest BCUT2D eigenvalue weighted by Gasteiger charge is 2.27. The lowest BCUT2D eigenvalue weighted by Gasteiger charge is -2.16. The van der Waals surface area contributed by atoms with Crippen molar-refractivity contribution in [1.82, 2.24) is 4.90 Å². The van der Waals surface area contributed by atoms with Gasteiger partial charge in [-0.15, -0.1) is 0 Å². The molecule has 1 aliphatic heterocycles. The number of benzene rings is 1. The first-order chi connectivity index (χ1) is 9.52. The van der Waals surface area contributed by atoms with Crippen molar-refractivity contribution in [3.8, 4) is 0 Å². The number of likely N-dealkylation sites (tertiary alicyclic amines) is 1. The summed E-state index contributed by atoms with van der Waals surface area (Å²) in [7, 11) is 0. The van der Waals surface area contributed by atoms with Crippen LogP contribution in [0.2, 0.25) is 5.02 Å². The molecule has 0 radical (unpaired) electrons. The fraction of sp³-hybridized carbons (Fsp3) is 0.500. The Labute approximate surface area is 122 Å². The Hall–Kier alpha value is -1.62. The third kappa shape index (κ3) is 3.10. The van der Waals surface area contributed by atoms with E-state index in [4.69, 9.17) is 11.6 Å². The van der Waals surface area contributed by atoms with Gasteiger partial charge in [0.1, 0.15) is 5.02 Å². The summed E-state index contributed by atoms with van der Waals surface area (Å²) in [5.74, 6) is 0.470. The van der Waals surface area contributed by atoms with Crippen molar-refractivity contribution in [3.63, 3.8) is 0 Å². The number of rotatable bonds is 4. The molecular weight excluding hydrogens is 280 g/mol. The molecule has 6 heteroatoms. The second-order valence-corrected chi connectivity index (χ2v) is 5.53. The number of nitro benzene ring substituents is 1. The average Bonchev–Trinajstić information content (AvgIpc) is 2.86. The van der Waals surface area contributed by atoms with Gasteiger partial charge in [-0.25, -0.2) is 0 Å². The highest BCUT2D eigenvalue weighted by Crippen LogP contribution is 2.27. The quantitative estimate of drug-likeness (QED) is 0.631. The maximum Gasteiger partial charge on any atom is 0.287 e. The first-order valence-corrected chi connectivity index (χ1v) is 7.14. The molecule has 2 rings (SSSR count). The largest absolute Gasteiger partial charge is 0.338 e. The second kappa shape index (κ2) is 6.22. The molecule has 1 aromatic rings. The van der Waals surface area contributed by atoms with Crippen LogP contribution in [-0.4, -0.2) is 28.8 Å². The number of nitrogens with zero attached hydrogens (tertiary/aromatic N) is 2. The lowest BCUT2D eigenvalue weighted by molar-refractivity contribution is -0.384. The molecule has 0 N–H and O–H groups in total. The van der Waals surface area contributed by atoms with Crippen molar-refractivity contribution in [1.29, 1.82) is 0 Å². The fourth-order valence-electron chi connectivity index (χ4n) is 2.63. The lowest BCUT2D eigenvalue weighted by atomic mass is 10.0. The minimum absolute atomic E-state index is 0.00477. The van der Waals surface area contributed by atoms with Crippen LogP contribution in [-0.2, 0) is 0 Å². The fourth-order valence-corrected chi connectivity index (χ4v) is 2.88. The van der Waals surface area contributed by atoms with Crippen LogP contribution in [0.25, 0.3) is 0 Å². The minimum Gasteiger partial charge on any atom is -0.338 e. The van der Waals surface area contributed by atoms with E-state index in [2.05, 4.69) is 6.92 Å². The zero-order valence-corrected chi connectivity index (χ0v) is 12.1. The first-order valence-electron chi connectivity index (χ1n) is 6.76. The molecule has 20 heavy (non-hydrogen) atoms. The Morgan fingerprint density at radius 2 is 2.30 bits per heavy atom. The van der Waals surface area contributed by atoms with E-state index < -0.39 is 4.92 Å². The Balaban J connectivity index is 2.10. The summed E-state index contributed by atoms with van der Waals surface area (Å²) in [6.07, 6.45) is 3.28. The van der Waals surface area contributed by atoms with Gasteiger partial charge in [-0.3, -0.25) is 14.9 Å². The molecule has 5 nitrogen and oxygen atoms in total. The summed E-state index contributed by atoms with van der Waals surface area (Å²) < 4.78 is 0. The van der Waals surface area contributed by atoms with Gasteiger partial charge >= 0.3 is 0 Å². The summed E-state index contributed by atoms with van der Waals surface area (Å²) in [6.45, 7) is 3.65. The number of carbonyl (C=O) groups is 1. The van der Waals surface area contributed by atoms with E-state index in [1.54, 1.807) is 4.90 Å². The summed E-state index contributed by atoms with van der Waals surface area (Å²) >= 11 is 5.84. The summed E-state index contributed by atoms with van der Waals surface area (Å²) in [6, 6.07) is 4.14. The van der Waals surface area contributed by atoms with Gasteiger partial charge in [0, 0.05) is 24.7 Å². The van der Waals surface area contributed by atoms with Crippen molar-refractivity contribution in [2.24, 2.45) is 5.92 Å². The van der Waals surface area contributed by atoms with E-state index in [-0.39, 0.29) is 16.6 Å². The standard InChI is InChI=1S/C14H17ClN2O3/c1-2-3-10-6-7-16(9-10)14(18)11-4-5-13(17(19)20)12(15)8-11/h4-5,8,10H,2-3,6-7,9H2,1H3. The zero-order valence-electron chi connectivity index (χ0n) is 11.3. The highest BCUT2D eigenvalue weighted by molar-refractivity contribution is 6.33. The van der Waals surface area contributed by atoms with Crippen LogP contribution in [0.15, 0.2) is 18.2 Å². The molecule has 0 aliphatic carbocycles. The smallest absolute Gasteiger partial charge is 0.287 e. The van der Waals surface area contributed by atoms with Gasteiger partial charge in [0.25, 0.3) is 11.6 Å². The van der Waals surface area contributed by atoms with Crippen LogP contribution in [0, 0.1) is 16.0 Å². The SMILES string of the molecule is CCCC1CCN(C(=O)c2ccc([N+](=O)[O-])c(Cl)c2)C1. The molecule has 1 amide bonds. The number of carbonyl (C=O) groups excluding carboxylic acids is 1. The van der Waals surface area contributed by atoms with Gasteiger partial charge in [0.2, 0.25) is 0 Å². The van der Waals surface area contributed by atoms with Crippen LogP contribution in [0.4, 0.5) is 5.69 Å². The number of amides is 1. The van der Waals surface area contributed by atoms with Gasteiger partial charge < -0.3 is 4.90 Å². The van der Waals surface area contributed by atoms with E-state index in [1.165, 1.54) is 18.2 Å². The number of nitro groups is 1. The summed E-state index contributed by atoms with van der Waals surface area (Å²) in [4.78, 5) is 24.3. The van der Waals surface area contributed by atoms with Crippen LogP contribution in [0.1, 0.15) is 36.5 Å². The third-order valence-corrected chi connectivity index (χ3v) is 3.96. The normalized spacial score (nSPS) is 18.3. The Bertz CT molecular complexity index is 533. The van der Waals surface area contributed by atoms with Crippen LogP contribution in [0.3, 0.4) is 0 Å². The predicted octanol–water partition coefficient (Wildman–Crippen LogP) is 3.51. The van der Waals surface area contributed by atoms with Gasteiger partial charge in [-0.2, -0.15) is 0 Å². The Kier molecular flexibility index (Phi) is 4.60. The van der Waals surface area contributed by atoms with Crippen molar-refractivity contribution in [3.05, 3.63) is 38.9 Å². The second-order valence-electron chi connectivity index (χ2n) is 5.12. The van der Waals surface area contributed by atoms with E-state index in [1.807, 2.05) is 0 Å². The summed E-state index contributed by atoms with van der Waals surface area (Å²) in [5.41, 5.74) is 0.242. The van der Waals surface area contributed by atoms with Gasteiger partial charge in [0.05, 0.1) is 4.92 Å². The van der Waals surface area contributed by atoms with Gasteiger partial charge in [-0.1, -0.05) is 24.9 Å². The molecule has 0 aromatic heterocycles. The molecule has 0 spiro atoms. The third-order valence-electron chi connectivity index (χ3n) is 3.66. The zero-order chi connectivity index (χ0) is 14.7. The van der Waals surface area contributed by atoms with E-state index in [0.717, 1.165) is 32.4 Å². The number of hydrogen-bond donors (Lipinski definition) is 0. The van der Waals surface area contributed by atoms with Crippen molar-refractivity contribution >= 4 is 23.2 Å². The van der Waals surface area contributed by atoms with Crippen LogP contribution in [0.5, 0.6) is 0 Å². The molecule has 108 valence electrons. The van der Waals surface area contributed by atoms with Crippen molar-refractivity contribution in [2.75, 3.05) is 13.1 Å². The molecule has 1 fully saturated rings. The first kappa shape index (κ1) is 14.8. The highest BCUT2D eigenvalue weighted by atomic mass is 35.5. The van der Waals surface area contributed by atoms with Crippen molar-refractivity contribution < 1.29 is 9.72 Å². The maximum absolute atomic E-state index is 12.3. The van der Waals surface area contributed by atoms with Gasteiger partial charge in [-0.05, 0) is 30.9 Å². The Morgan fingerprint density at radius 1 is 1.55 bits per heavy atom. The number of hydrogen-bond acceptors (Lipinski definition) is 3. The summed E-state index contributed by atoms with van der Waals surface area (Å²) in [5, 5.41) is 10.7. The molecular formula is C14H17ClN2O3. The molecule has 1 aromatic carbocycles. The van der Waals surface area contributed by atoms with Crippen LogP contribution < -0.4 is 0 Å². The van der Waals surface area contributed by atoms with Gasteiger partial charge in [0.15, 0.2) is 0 Å². The van der Waals surface area contributed by atoms with Crippen molar-refractivity contribution in [2.45, 2.75) is 26.2 Å². The Morgan fingerprint density at radius 3 is 2.90 bits per heavy atom. The number of halogens is 1. The van der Waals surface area contributed by atoms with E-state index in [9.17, 15) is 14.9 Å². The molecule has 0 saturated carbocycles. The predicted molar refractivity (Wildman–Crippen MR) is 77.0 cm³/mol. The van der Waals surface area contributed by atoms with E-state index >= 15 is 0 Å². The molecule has 1 unspecified atom stereocenters. The molecule has 1 heterocycles. The molecule has 1 saturated heterocycles. The minimum atomic E-state index is -0.552. The molecule has 0 bridgehead atoms. The van der Waals surface area contributed by atoms with Crippen LogP contribution >= 0.6 is 11.6 Å². The maximum atomic E-state index is 12.3. The average molecular weight is 297 g/mol. The lowest BCUT2D eigenvalue weighted by Crippen LogP contribution is -2.28.